The van der Waals surface area contributed by atoms with E-state index in [0.717, 1.165) is 18.2 Å². The standard InChI is InChI=1S/C31H28ClFN6O6S.C30H27ClF2N6O5S.C29H26ClFN6O5S/c1-45-30(43)26-23(35-28(29-34-8-11-46-29)36-27(26)21-7-4-18(33)12-22(21)32)16-37-9-10-38-20(14-37)15-39(31(38)44)19-5-2-17(3-6-19)24(40)13-25(41)42;1-44-29(42)25-22(35-27(28-34-6-9-45-28)36-26(25)19-4-3-17(32)12-20(19)31)15-37-7-8-38-18(13-37)14-39(30(38)43)23-5-2-16(10-21(23)33)11-24(40)41;1-42-28(40)23-22(33-25(26-32-8-11-43-26)34-24(23)20-7-4-17(31)12-21(20)30)15-35-9-10-36-19(13-35)14-37(29(36)41)18-5-2-16(3-6-18)27(38)39/h2-8,11-12,20,27H,9-10,13-16H2,1H3,(H,35,36)(H,41,42);2-6,9-10,12,18,26H,7-8,11,13-15H2,1H3,(H,35,36)(H,40,41);2-8,11-12,19,24H,9-10,13-15H2,1H3,(H,33,34)(H,38,39)/t20-,27-;18-,26-;19-,24-/m000/s1/i;;1D3. The van der Waals surface area contributed by atoms with Gasteiger partial charge in [0.15, 0.2) is 38.3 Å². The number of carbonyl (C=O) groups excluding carboxylic acids is 7. The van der Waals surface area contributed by atoms with E-state index in [-0.39, 0.29) is 116 Å². The van der Waals surface area contributed by atoms with Crippen molar-refractivity contribution in [2.75, 3.05) is 134 Å². The largest absolute Gasteiger partial charge is 0.481 e. The van der Waals surface area contributed by atoms with E-state index < -0.39 is 96.5 Å². The number of piperazine rings is 3. The molecule has 6 fully saturated rings. The van der Waals surface area contributed by atoms with E-state index in [4.69, 9.17) is 73.3 Å². The fraction of sp³-hybridized carbons (Fsp3) is 0.289. The number of aromatic nitrogens is 3. The number of hydrogen-bond acceptors (Lipinski definition) is 28. The Morgan fingerprint density at radius 3 is 1.15 bits per heavy atom. The lowest BCUT2D eigenvalue weighted by molar-refractivity contribution is -0.137. The number of amidine groups is 3. The molecule has 9 aromatic rings. The molecule has 3 aromatic heterocycles. The van der Waals surface area contributed by atoms with E-state index in [0.29, 0.717) is 156 Å². The van der Waals surface area contributed by atoms with Gasteiger partial charge in [-0.05, 0) is 103 Å². The van der Waals surface area contributed by atoms with Crippen LogP contribution in [0.3, 0.4) is 0 Å². The third kappa shape index (κ3) is 20.3. The Balaban J connectivity index is 0.000000149. The summed E-state index contributed by atoms with van der Waals surface area (Å²) in [5.41, 5.74) is 4.75. The van der Waals surface area contributed by atoms with Crippen LogP contribution in [0.4, 0.5) is 49.0 Å². The van der Waals surface area contributed by atoms with Gasteiger partial charge in [-0.15, -0.1) is 34.0 Å². The van der Waals surface area contributed by atoms with Crippen molar-refractivity contribution in [3.8, 4) is 0 Å². The van der Waals surface area contributed by atoms with Crippen molar-refractivity contribution >= 4 is 163 Å². The van der Waals surface area contributed by atoms with Crippen molar-refractivity contribution in [1.82, 2.24) is 60.3 Å². The second-order valence-electron chi connectivity index (χ2n) is 31.7. The maximum atomic E-state index is 15.0. The molecule has 9 aliphatic heterocycles. The Hall–Kier alpha value is -13.4. The zero-order chi connectivity index (χ0) is 97.1. The number of urea groups is 3. The predicted octanol–water partition coefficient (Wildman–Crippen LogP) is 11.4. The number of thiazole rings is 3. The summed E-state index contributed by atoms with van der Waals surface area (Å²) in [6.07, 6.45) is 3.94. The minimum atomic E-state index is -3.05. The third-order valence-corrected chi connectivity index (χ3v) is 26.9. The Labute approximate surface area is 792 Å². The van der Waals surface area contributed by atoms with E-state index in [2.05, 4.69) is 45.7 Å². The summed E-state index contributed by atoms with van der Waals surface area (Å²) >= 11 is 23.4. The molecule has 0 unspecified atom stereocenters. The molecule has 6 aromatic carbocycles. The number of carboxylic acid groups (broad SMARTS) is 3. The molecule has 0 bridgehead atoms. The average Bonchev–Trinajstić information content (AvgIpc) is 1.64. The van der Waals surface area contributed by atoms with Crippen molar-refractivity contribution in [3.63, 3.8) is 0 Å². The van der Waals surface area contributed by atoms with Gasteiger partial charge < -0.3 is 60.2 Å². The maximum Gasteiger partial charge on any atom is 0.338 e. The first kappa shape index (κ1) is 89.8. The number of ketones is 1. The number of esters is 3. The third-order valence-electron chi connectivity index (χ3n) is 23.5. The summed E-state index contributed by atoms with van der Waals surface area (Å²) in [4.78, 5) is 169. The van der Waals surface area contributed by atoms with E-state index in [1.165, 1.54) is 132 Å². The van der Waals surface area contributed by atoms with Gasteiger partial charge in [-0.1, -0.05) is 59.1 Å². The smallest absolute Gasteiger partial charge is 0.338 e. The number of nitrogens with one attached hydrogen (secondary N) is 3. The number of nitrogens with zero attached hydrogens (tertiary/aromatic N) is 15. The first-order valence-corrected chi connectivity index (χ1v) is 45.2. The van der Waals surface area contributed by atoms with Crippen LogP contribution in [0, 0.1) is 23.3 Å². The summed E-state index contributed by atoms with van der Waals surface area (Å²) in [5.74, 6) is -7.38. The Kier molecular flexibility index (Phi) is 27.2. The van der Waals surface area contributed by atoms with Crippen molar-refractivity contribution in [2.45, 2.75) is 49.1 Å². The normalized spacial score (nSPS) is 20.6. The number of anilines is 3. The number of aliphatic imine (C=N–C) groups is 3. The number of ether oxygens (including phenoxy) is 3. The topological polar surface area (TPSA) is 400 Å². The highest BCUT2D eigenvalue weighted by Gasteiger charge is 2.48. The number of benzene rings is 6. The predicted molar refractivity (Wildman–Crippen MR) is 488 cm³/mol. The van der Waals surface area contributed by atoms with Crippen LogP contribution in [-0.4, -0.2) is 274 Å². The highest BCUT2D eigenvalue weighted by atomic mass is 35.5. The molecule has 0 spiro atoms. The van der Waals surface area contributed by atoms with E-state index in [1.807, 2.05) is 10.3 Å². The van der Waals surface area contributed by atoms with Gasteiger partial charge >= 0.3 is 53.9 Å². The maximum absolute atomic E-state index is 15.0. The van der Waals surface area contributed by atoms with Crippen LogP contribution in [0.25, 0.3) is 0 Å². The summed E-state index contributed by atoms with van der Waals surface area (Å²) in [7, 11) is -0.503. The first-order chi connectivity index (χ1) is 65.6. The van der Waals surface area contributed by atoms with Crippen LogP contribution in [-0.2, 0) is 44.6 Å². The number of carboxylic acids is 3. The second-order valence-corrected chi connectivity index (χ2v) is 35.7. The van der Waals surface area contributed by atoms with Crippen LogP contribution >= 0.6 is 68.8 Å². The average molecular weight is 1950 g/mol. The fourth-order valence-corrected chi connectivity index (χ4v) is 19.9. The molecule has 34 nitrogen and oxygen atoms in total. The molecule has 0 aliphatic carbocycles. The zero-order valence-electron chi connectivity index (χ0n) is 73.7. The summed E-state index contributed by atoms with van der Waals surface area (Å²) in [6.45, 7) is 5.55. The summed E-state index contributed by atoms with van der Waals surface area (Å²) < 4.78 is 94.8. The second kappa shape index (κ2) is 40.6. The number of methoxy groups -OCH3 is 3. The number of Topliss-reactive ketones (excluding diaryl/α,β-unsaturated/α-hetero) is 1. The van der Waals surface area contributed by atoms with Gasteiger partial charge in [0.25, 0.3) is 0 Å². The molecule has 0 radical (unpaired) electrons. The van der Waals surface area contributed by atoms with Crippen LogP contribution in [0.2, 0.25) is 15.1 Å². The summed E-state index contributed by atoms with van der Waals surface area (Å²) in [6, 6.07) is 23.7. The number of halogens is 7. The van der Waals surface area contributed by atoms with Gasteiger partial charge in [-0.2, -0.15) is 0 Å². The molecule has 6 saturated heterocycles. The monoisotopic (exact) mass is 1950 g/mol. The number of fused-ring (bicyclic) bond motifs is 3. The zero-order valence-corrected chi connectivity index (χ0v) is 75.4. The lowest BCUT2D eigenvalue weighted by Gasteiger charge is -2.38. The van der Waals surface area contributed by atoms with Gasteiger partial charge in [-0.3, -0.25) is 58.8 Å². The molecular weight excluding hydrogens is 1870 g/mol. The van der Waals surface area contributed by atoms with Gasteiger partial charge in [0.1, 0.15) is 47.8 Å². The van der Waals surface area contributed by atoms with Gasteiger partial charge in [0.05, 0.1) is 77.9 Å². The first-order valence-electron chi connectivity index (χ1n) is 42.9. The van der Waals surface area contributed by atoms with E-state index in [1.54, 1.807) is 78.1 Å². The lowest BCUT2D eigenvalue weighted by Crippen LogP contribution is -2.53. The molecule has 6 amide bonds. The highest BCUT2D eigenvalue weighted by Crippen LogP contribution is 2.43. The fourth-order valence-electron chi connectivity index (χ4n) is 17.3. The quantitative estimate of drug-likeness (QED) is 0.0108. The van der Waals surface area contributed by atoms with E-state index >= 15 is 4.39 Å². The van der Waals surface area contributed by atoms with Gasteiger partial charge in [0, 0.05) is 199 Å². The van der Waals surface area contributed by atoms with Crippen molar-refractivity contribution in [3.05, 3.63) is 277 Å². The Morgan fingerprint density at radius 2 is 0.821 bits per heavy atom. The SMILES string of the molecule is COC(=O)C1=C(CN2CCN3C(=O)N(c4ccc(C(=O)CC(=O)O)cc4)C[C@@H]3C2)NC(c2nccs2)=N[C@H]1c1ccc(F)cc1Cl.COC(=O)C1=C(CN2CCN3C(=O)N(c4ccc(CC(=O)O)cc4F)C[C@@H]3C2)NC(c2nccs2)=N[C@H]1c1ccc(F)cc1Cl.[2H]C([2H])([2H])OC(=O)C1=C(CN2CCN3C(=O)N(c4ccc(C(=O)O)cc4)C[C@@H]3C2)NC(c2nccs2)=N[C@H]1c1ccc(F)cc1Cl. The van der Waals surface area contributed by atoms with Crippen LogP contribution in [0.15, 0.2) is 205 Å². The van der Waals surface area contributed by atoms with E-state index in [9.17, 15) is 66.2 Å². The van der Waals surface area contributed by atoms with Crippen LogP contribution in [0.5, 0.6) is 0 Å². The number of aliphatic carboxylic acids is 2. The molecule has 6 N–H and O–H groups in total. The molecule has 134 heavy (non-hydrogen) atoms. The van der Waals surface area contributed by atoms with Gasteiger partial charge in [0.2, 0.25) is 0 Å². The van der Waals surface area contributed by atoms with Crippen LogP contribution in [0.1, 0.15) is 86.7 Å². The molecule has 18 rings (SSSR count). The molecule has 12 heterocycles. The molecule has 6 atom stereocenters. The molecule has 0 saturated carbocycles. The summed E-state index contributed by atoms with van der Waals surface area (Å²) in [5, 5.41) is 44.1. The minimum absolute atomic E-state index is 0.0118. The molecule has 9 aliphatic rings. The number of amides is 6. The van der Waals surface area contributed by atoms with Crippen molar-refractivity contribution in [2.24, 2.45) is 15.0 Å². The number of hydrogen-bond donors (Lipinski definition) is 6. The Morgan fingerprint density at radius 1 is 0.455 bits per heavy atom. The van der Waals surface area contributed by atoms with Crippen LogP contribution < -0.4 is 30.7 Å². The Bertz CT molecular complexity index is 6470. The number of aromatic carboxylic acids is 1. The van der Waals surface area contributed by atoms with Gasteiger partial charge in [-0.25, -0.2) is 66.1 Å². The number of rotatable bonds is 24. The lowest BCUT2D eigenvalue weighted by atomic mass is 9.95. The minimum Gasteiger partial charge on any atom is -0.481 e. The highest BCUT2D eigenvalue weighted by molar-refractivity contribution is 7.12. The van der Waals surface area contributed by atoms with Crippen molar-refractivity contribution < 1.29 is 99.1 Å². The number of carbonyl (C=O) groups is 10. The van der Waals surface area contributed by atoms with Crippen molar-refractivity contribution in [1.29, 1.82) is 0 Å². The molecule has 44 heteroatoms. The molecule has 694 valence electrons. The molecular formula is C90H81Cl3F4N18O16S3.